The van der Waals surface area contributed by atoms with Crippen LogP contribution in [0.4, 0.5) is 0 Å². The molecule has 0 radical (unpaired) electrons. The Balaban J connectivity index is 3.12. The highest BCUT2D eigenvalue weighted by Crippen LogP contribution is 2.02. The number of carbonyl (C=O) groups excluding carboxylic acids is 1. The second-order valence-corrected chi connectivity index (χ2v) is 3.08. The van der Waals surface area contributed by atoms with Crippen molar-refractivity contribution < 1.29 is 9.53 Å². The zero-order valence-corrected chi connectivity index (χ0v) is 8.71. The molecule has 2 heteroatoms. The summed E-state index contributed by atoms with van der Waals surface area (Å²) in [5.41, 5.74) is 0. The smallest absolute Gasteiger partial charge is 0.305 e. The van der Waals surface area contributed by atoms with Crippen LogP contribution in [0.5, 0.6) is 0 Å². The van der Waals surface area contributed by atoms with Gasteiger partial charge in [-0.2, -0.15) is 0 Å². The van der Waals surface area contributed by atoms with E-state index < -0.39 is 0 Å². The molecule has 0 unspecified atom stereocenters. The Hall–Kier alpha value is -0.790. The number of hydrogen-bond acceptors (Lipinski definition) is 2. The van der Waals surface area contributed by atoms with Gasteiger partial charge in [0.25, 0.3) is 0 Å². The Kier molecular flexibility index (Phi) is 8.73. The molecule has 0 saturated carbocycles. The summed E-state index contributed by atoms with van der Waals surface area (Å²) in [4.78, 5) is 10.7. The molecule has 0 fully saturated rings. The van der Waals surface area contributed by atoms with Crippen LogP contribution >= 0.6 is 0 Å². The zero-order chi connectivity index (χ0) is 9.94. The van der Waals surface area contributed by atoms with Crippen molar-refractivity contribution in [1.29, 1.82) is 0 Å². The molecule has 0 aromatic heterocycles. The minimum Gasteiger partial charge on any atom is -0.469 e. The third kappa shape index (κ3) is 9.12. The van der Waals surface area contributed by atoms with Crippen molar-refractivity contribution in [2.75, 3.05) is 7.11 Å². The van der Waals surface area contributed by atoms with Crippen molar-refractivity contribution in [3.63, 3.8) is 0 Å². The monoisotopic (exact) mass is 184 g/mol. The van der Waals surface area contributed by atoms with Crippen molar-refractivity contribution in [3.05, 3.63) is 12.2 Å². The first-order chi connectivity index (χ1) is 6.31. The maximum Gasteiger partial charge on any atom is 0.305 e. The first kappa shape index (κ1) is 12.2. The van der Waals surface area contributed by atoms with Gasteiger partial charge in [0.1, 0.15) is 0 Å². The normalized spacial score (nSPS) is 10.6. The van der Waals surface area contributed by atoms with Crippen LogP contribution in [-0.2, 0) is 9.53 Å². The number of esters is 1. The standard InChI is InChI=1S/C11H20O2/c1-3-4-5-6-7-8-9-10-11(12)13-2/h5-6H,3-4,7-10H2,1-2H3. The third-order valence-electron chi connectivity index (χ3n) is 1.85. The fourth-order valence-electron chi connectivity index (χ4n) is 1.04. The van der Waals surface area contributed by atoms with Crippen LogP contribution in [0.2, 0.25) is 0 Å². The van der Waals surface area contributed by atoms with Crippen molar-refractivity contribution in [3.8, 4) is 0 Å². The molecule has 0 aromatic rings. The van der Waals surface area contributed by atoms with Crippen LogP contribution in [0.15, 0.2) is 12.2 Å². The number of unbranched alkanes of at least 4 members (excludes halogenated alkanes) is 3. The molecule has 0 rings (SSSR count). The van der Waals surface area contributed by atoms with E-state index in [-0.39, 0.29) is 5.97 Å². The summed E-state index contributed by atoms with van der Waals surface area (Å²) in [6, 6.07) is 0. The number of allylic oxidation sites excluding steroid dienone is 2. The summed E-state index contributed by atoms with van der Waals surface area (Å²) in [5, 5.41) is 0. The second kappa shape index (κ2) is 9.30. The van der Waals surface area contributed by atoms with Gasteiger partial charge in [-0.1, -0.05) is 25.5 Å². The maximum absolute atomic E-state index is 10.7. The van der Waals surface area contributed by atoms with Gasteiger partial charge in [0.2, 0.25) is 0 Å². The highest BCUT2D eigenvalue weighted by Gasteiger charge is 1.97. The van der Waals surface area contributed by atoms with Crippen LogP contribution < -0.4 is 0 Å². The average molecular weight is 184 g/mol. The van der Waals surface area contributed by atoms with E-state index in [4.69, 9.17) is 0 Å². The summed E-state index contributed by atoms with van der Waals surface area (Å²) < 4.78 is 4.54. The van der Waals surface area contributed by atoms with Crippen LogP contribution in [0.1, 0.15) is 45.4 Å². The van der Waals surface area contributed by atoms with E-state index in [0.29, 0.717) is 6.42 Å². The van der Waals surface area contributed by atoms with Gasteiger partial charge in [-0.05, 0) is 25.7 Å². The summed E-state index contributed by atoms with van der Waals surface area (Å²) in [6.45, 7) is 2.17. The molecule has 0 atom stereocenters. The SMILES string of the molecule is CCCC=CCCCCC(=O)OC. The Morgan fingerprint density at radius 2 is 1.92 bits per heavy atom. The summed E-state index contributed by atoms with van der Waals surface area (Å²) in [6.07, 6.45) is 10.4. The van der Waals surface area contributed by atoms with Crippen molar-refractivity contribution >= 4 is 5.97 Å². The highest BCUT2D eigenvalue weighted by atomic mass is 16.5. The van der Waals surface area contributed by atoms with Gasteiger partial charge in [-0.25, -0.2) is 0 Å². The molecule has 0 saturated heterocycles. The number of rotatable bonds is 7. The van der Waals surface area contributed by atoms with Gasteiger partial charge in [0.15, 0.2) is 0 Å². The molecule has 0 spiro atoms. The molecule has 76 valence electrons. The topological polar surface area (TPSA) is 26.3 Å². The van der Waals surface area contributed by atoms with Gasteiger partial charge >= 0.3 is 5.97 Å². The molecule has 0 amide bonds. The number of carbonyl (C=O) groups is 1. The fraction of sp³-hybridized carbons (Fsp3) is 0.727. The van der Waals surface area contributed by atoms with Gasteiger partial charge in [-0.3, -0.25) is 4.79 Å². The van der Waals surface area contributed by atoms with E-state index in [1.165, 1.54) is 13.5 Å². The van der Waals surface area contributed by atoms with Crippen molar-refractivity contribution in [2.24, 2.45) is 0 Å². The van der Waals surface area contributed by atoms with E-state index in [9.17, 15) is 4.79 Å². The molecule has 0 aliphatic rings. The Labute approximate surface area is 81.0 Å². The summed E-state index contributed by atoms with van der Waals surface area (Å²) in [7, 11) is 1.43. The van der Waals surface area contributed by atoms with Crippen LogP contribution in [0.25, 0.3) is 0 Å². The van der Waals surface area contributed by atoms with Gasteiger partial charge in [0, 0.05) is 6.42 Å². The second-order valence-electron chi connectivity index (χ2n) is 3.08. The minimum atomic E-state index is -0.0995. The lowest BCUT2D eigenvalue weighted by Crippen LogP contribution is -1.98. The van der Waals surface area contributed by atoms with Gasteiger partial charge in [0.05, 0.1) is 7.11 Å². The predicted octanol–water partition coefficient (Wildman–Crippen LogP) is 3.08. The fourth-order valence-corrected chi connectivity index (χ4v) is 1.04. The number of methoxy groups -OCH3 is 1. The molecule has 0 heterocycles. The van der Waals surface area contributed by atoms with Gasteiger partial charge < -0.3 is 4.74 Å². The lowest BCUT2D eigenvalue weighted by atomic mass is 10.2. The van der Waals surface area contributed by atoms with E-state index in [1.54, 1.807) is 0 Å². The van der Waals surface area contributed by atoms with Crippen molar-refractivity contribution in [1.82, 2.24) is 0 Å². The third-order valence-corrected chi connectivity index (χ3v) is 1.85. The predicted molar refractivity (Wildman–Crippen MR) is 54.5 cm³/mol. The van der Waals surface area contributed by atoms with E-state index in [1.807, 2.05) is 0 Å². The molecule has 2 nitrogen and oxygen atoms in total. The van der Waals surface area contributed by atoms with Crippen LogP contribution in [-0.4, -0.2) is 13.1 Å². The first-order valence-corrected chi connectivity index (χ1v) is 5.03. The molecule has 0 aromatic carbocycles. The van der Waals surface area contributed by atoms with E-state index >= 15 is 0 Å². The number of ether oxygens (including phenoxy) is 1. The maximum atomic E-state index is 10.7. The first-order valence-electron chi connectivity index (χ1n) is 5.03. The van der Waals surface area contributed by atoms with Crippen LogP contribution in [0.3, 0.4) is 0 Å². The lowest BCUT2D eigenvalue weighted by Gasteiger charge is -1.96. The van der Waals surface area contributed by atoms with Crippen molar-refractivity contribution in [2.45, 2.75) is 45.4 Å². The Morgan fingerprint density at radius 1 is 1.23 bits per heavy atom. The molecule has 13 heavy (non-hydrogen) atoms. The molecule has 0 aliphatic heterocycles. The lowest BCUT2D eigenvalue weighted by molar-refractivity contribution is -0.140. The molecular weight excluding hydrogens is 164 g/mol. The highest BCUT2D eigenvalue weighted by molar-refractivity contribution is 5.68. The molecule has 0 bridgehead atoms. The molecular formula is C11H20O2. The Bertz CT molecular complexity index is 150. The van der Waals surface area contributed by atoms with E-state index in [2.05, 4.69) is 23.8 Å². The van der Waals surface area contributed by atoms with E-state index in [0.717, 1.165) is 25.7 Å². The number of hydrogen-bond donors (Lipinski definition) is 0. The minimum absolute atomic E-state index is 0.0995. The Morgan fingerprint density at radius 3 is 2.54 bits per heavy atom. The molecule has 0 N–H and O–H groups in total. The zero-order valence-electron chi connectivity index (χ0n) is 8.71. The average Bonchev–Trinajstić information content (AvgIpc) is 2.16. The van der Waals surface area contributed by atoms with Crippen LogP contribution in [0, 0.1) is 0 Å². The quantitative estimate of drug-likeness (QED) is 0.345. The molecule has 0 aliphatic carbocycles. The summed E-state index contributed by atoms with van der Waals surface area (Å²) >= 11 is 0. The van der Waals surface area contributed by atoms with Gasteiger partial charge in [-0.15, -0.1) is 0 Å². The summed E-state index contributed by atoms with van der Waals surface area (Å²) in [5.74, 6) is -0.0995. The largest absolute Gasteiger partial charge is 0.469 e.